The number of likely N-dealkylation sites (N-methyl/N-ethyl adjacent to an activating group) is 1. The normalized spacial score (nSPS) is 33.8. The van der Waals surface area contributed by atoms with E-state index in [1.807, 2.05) is 7.05 Å². The molecule has 1 aliphatic heterocycles. The summed E-state index contributed by atoms with van der Waals surface area (Å²) in [4.78, 5) is 0. The molecule has 0 aromatic heterocycles. The average molecular weight is 342 g/mol. The molecule has 1 fully saturated rings. The third kappa shape index (κ3) is 6.00. The fraction of sp³-hybridized carbons (Fsp3) is 1.00. The quantitative estimate of drug-likeness (QED) is 0.313. The summed E-state index contributed by atoms with van der Waals surface area (Å²) >= 11 is 0. The highest BCUT2D eigenvalue weighted by Gasteiger charge is 2.47. The fourth-order valence-electron chi connectivity index (χ4n) is 4.35. The molecule has 1 aliphatic rings. The second-order valence-corrected chi connectivity index (χ2v) is 7.98. The van der Waals surface area contributed by atoms with E-state index in [9.17, 15) is 5.21 Å². The zero-order chi connectivity index (χ0) is 18.0. The molecule has 3 heteroatoms. The molecule has 0 aromatic rings. The van der Waals surface area contributed by atoms with Crippen LogP contribution in [0.15, 0.2) is 0 Å². The van der Waals surface area contributed by atoms with Crippen LogP contribution in [0.3, 0.4) is 0 Å². The molecule has 0 spiro atoms. The fourth-order valence-corrected chi connectivity index (χ4v) is 4.35. The van der Waals surface area contributed by atoms with Gasteiger partial charge >= 0.3 is 0 Å². The number of ether oxygens (including phenoxy) is 1. The predicted octanol–water partition coefficient (Wildman–Crippen LogP) is 6.20. The maximum Gasteiger partial charge on any atom is 0.115 e. The van der Waals surface area contributed by atoms with Gasteiger partial charge in [-0.1, -0.05) is 66.2 Å². The van der Waals surface area contributed by atoms with Crippen molar-refractivity contribution in [3.63, 3.8) is 0 Å². The van der Waals surface area contributed by atoms with E-state index in [0.717, 1.165) is 51.4 Å². The molecule has 0 aromatic carbocycles. The van der Waals surface area contributed by atoms with Gasteiger partial charge in [-0.3, -0.25) is 0 Å². The van der Waals surface area contributed by atoms with Crippen molar-refractivity contribution in [3.8, 4) is 0 Å². The van der Waals surface area contributed by atoms with Gasteiger partial charge in [0.15, 0.2) is 0 Å². The molecule has 24 heavy (non-hydrogen) atoms. The standard InChI is InChI=1S/C21H43NO2/c1-6-10-14-18-20(16-12-8-3)24-21(17-13-9-4)19(15-11-7-2)22(18,5)23/h18-21H,6-17H2,1-5H3. The van der Waals surface area contributed by atoms with Gasteiger partial charge in [-0.15, -0.1) is 0 Å². The Kier molecular flexibility index (Phi) is 10.5. The Balaban J connectivity index is 2.96. The van der Waals surface area contributed by atoms with Crippen LogP contribution in [0, 0.1) is 5.21 Å². The average Bonchev–Trinajstić information content (AvgIpc) is 2.56. The van der Waals surface area contributed by atoms with Gasteiger partial charge in [-0.2, -0.15) is 0 Å². The monoisotopic (exact) mass is 341 g/mol. The number of morpholine rings is 1. The van der Waals surface area contributed by atoms with Crippen LogP contribution in [0.2, 0.25) is 0 Å². The molecule has 4 unspecified atom stereocenters. The maximum absolute atomic E-state index is 13.8. The first-order chi connectivity index (χ1) is 11.5. The van der Waals surface area contributed by atoms with Crippen molar-refractivity contribution in [1.29, 1.82) is 0 Å². The van der Waals surface area contributed by atoms with Crippen LogP contribution in [0.5, 0.6) is 0 Å². The van der Waals surface area contributed by atoms with Crippen LogP contribution in [0.1, 0.15) is 105 Å². The highest BCUT2D eigenvalue weighted by molar-refractivity contribution is 4.86. The van der Waals surface area contributed by atoms with Crippen LogP contribution in [-0.4, -0.2) is 36.0 Å². The number of quaternary nitrogens is 1. The lowest BCUT2D eigenvalue weighted by Crippen LogP contribution is -2.67. The van der Waals surface area contributed by atoms with Crippen LogP contribution in [0.25, 0.3) is 0 Å². The van der Waals surface area contributed by atoms with E-state index in [4.69, 9.17) is 4.74 Å². The lowest BCUT2D eigenvalue weighted by atomic mass is 9.88. The molecule has 1 rings (SSSR count). The summed E-state index contributed by atoms with van der Waals surface area (Å²) in [5, 5.41) is 13.8. The Morgan fingerprint density at radius 1 is 0.667 bits per heavy atom. The van der Waals surface area contributed by atoms with E-state index < -0.39 is 0 Å². The van der Waals surface area contributed by atoms with Crippen LogP contribution in [-0.2, 0) is 4.74 Å². The first-order valence-electron chi connectivity index (χ1n) is 10.7. The van der Waals surface area contributed by atoms with Gasteiger partial charge < -0.3 is 14.6 Å². The van der Waals surface area contributed by atoms with E-state index in [1.54, 1.807) is 0 Å². The van der Waals surface area contributed by atoms with Crippen molar-refractivity contribution < 1.29 is 9.38 Å². The number of nitrogens with zero attached hydrogens (tertiary/aromatic N) is 1. The van der Waals surface area contributed by atoms with Crippen molar-refractivity contribution in [2.24, 2.45) is 0 Å². The van der Waals surface area contributed by atoms with Crippen LogP contribution < -0.4 is 0 Å². The number of hydrogen-bond donors (Lipinski definition) is 0. The molecule has 3 nitrogen and oxygen atoms in total. The largest absolute Gasteiger partial charge is 0.632 e. The summed E-state index contributed by atoms with van der Waals surface area (Å²) in [6.07, 6.45) is 13.8. The molecule has 0 bridgehead atoms. The van der Waals surface area contributed by atoms with E-state index in [-0.39, 0.29) is 28.9 Å². The van der Waals surface area contributed by atoms with Crippen molar-refractivity contribution in [3.05, 3.63) is 5.21 Å². The number of unbranched alkanes of at least 4 members (excludes halogenated alkanes) is 4. The summed E-state index contributed by atoms with van der Waals surface area (Å²) < 4.78 is 6.58. The van der Waals surface area contributed by atoms with E-state index in [1.165, 1.54) is 25.7 Å². The summed E-state index contributed by atoms with van der Waals surface area (Å²) in [6.45, 7) is 8.90. The molecule has 0 aliphatic carbocycles. The molecular weight excluding hydrogens is 298 g/mol. The Hall–Kier alpha value is -0.120. The summed E-state index contributed by atoms with van der Waals surface area (Å²) in [5.41, 5.74) is 0. The van der Waals surface area contributed by atoms with E-state index in [0.29, 0.717) is 0 Å². The van der Waals surface area contributed by atoms with Crippen molar-refractivity contribution in [2.45, 2.75) is 129 Å². The smallest absolute Gasteiger partial charge is 0.115 e. The van der Waals surface area contributed by atoms with Crippen LogP contribution in [0.4, 0.5) is 0 Å². The number of hydroxylamine groups is 3. The van der Waals surface area contributed by atoms with Gasteiger partial charge in [0.25, 0.3) is 0 Å². The Bertz CT molecular complexity index is 291. The Morgan fingerprint density at radius 3 is 1.33 bits per heavy atom. The maximum atomic E-state index is 13.8. The highest BCUT2D eigenvalue weighted by Crippen LogP contribution is 2.38. The zero-order valence-electron chi connectivity index (χ0n) is 17.1. The molecule has 0 saturated carbocycles. The molecule has 144 valence electrons. The minimum absolute atomic E-state index is 0.0528. The van der Waals surface area contributed by atoms with Gasteiger partial charge in [0, 0.05) is 12.8 Å². The number of hydrogen-bond acceptors (Lipinski definition) is 2. The lowest BCUT2D eigenvalue weighted by Gasteiger charge is -2.59. The van der Waals surface area contributed by atoms with Gasteiger partial charge in [-0.05, 0) is 25.7 Å². The van der Waals surface area contributed by atoms with Gasteiger partial charge in [0.1, 0.15) is 24.3 Å². The van der Waals surface area contributed by atoms with Crippen LogP contribution >= 0.6 is 0 Å². The second-order valence-electron chi connectivity index (χ2n) is 7.98. The minimum Gasteiger partial charge on any atom is -0.632 e. The predicted molar refractivity (Wildman–Crippen MR) is 104 cm³/mol. The first kappa shape index (κ1) is 21.9. The third-order valence-electron chi connectivity index (χ3n) is 5.92. The zero-order valence-corrected chi connectivity index (χ0v) is 17.1. The SMILES string of the molecule is CCCCC1OC(CCCC)C(CCCC)[N+](C)([O-])C1CCCC. The lowest BCUT2D eigenvalue weighted by molar-refractivity contribution is -0.929. The molecular formula is C21H43NO2. The van der Waals surface area contributed by atoms with Crippen molar-refractivity contribution in [1.82, 2.24) is 0 Å². The highest BCUT2D eigenvalue weighted by atomic mass is 16.6. The molecule has 0 radical (unpaired) electrons. The van der Waals surface area contributed by atoms with Gasteiger partial charge in [0.05, 0.1) is 7.05 Å². The third-order valence-corrected chi connectivity index (χ3v) is 5.92. The summed E-state index contributed by atoms with van der Waals surface area (Å²) in [5.74, 6) is 0. The van der Waals surface area contributed by atoms with E-state index in [2.05, 4.69) is 27.7 Å². The summed E-state index contributed by atoms with van der Waals surface area (Å²) in [6, 6.07) is 0.271. The van der Waals surface area contributed by atoms with Gasteiger partial charge in [0.2, 0.25) is 0 Å². The molecule has 0 amide bonds. The Labute approximate surface area is 151 Å². The van der Waals surface area contributed by atoms with E-state index >= 15 is 0 Å². The molecule has 0 N–H and O–H groups in total. The minimum atomic E-state index is -0.0528. The Morgan fingerprint density at radius 2 is 1.00 bits per heavy atom. The van der Waals surface area contributed by atoms with Gasteiger partial charge in [-0.25, -0.2) is 0 Å². The van der Waals surface area contributed by atoms with Crippen molar-refractivity contribution >= 4 is 0 Å². The molecule has 1 heterocycles. The summed E-state index contributed by atoms with van der Waals surface area (Å²) in [7, 11) is 1.96. The molecule has 4 atom stereocenters. The first-order valence-corrected chi connectivity index (χ1v) is 10.7. The van der Waals surface area contributed by atoms with Crippen molar-refractivity contribution in [2.75, 3.05) is 7.05 Å². The second kappa shape index (κ2) is 11.5. The topological polar surface area (TPSA) is 32.3 Å². The number of rotatable bonds is 12. The molecule has 1 saturated heterocycles.